The highest BCUT2D eigenvalue weighted by Crippen LogP contribution is 2.52. The van der Waals surface area contributed by atoms with Crippen LogP contribution in [0.1, 0.15) is 36.8 Å². The van der Waals surface area contributed by atoms with Crippen LogP contribution in [-0.2, 0) is 20.7 Å². The van der Waals surface area contributed by atoms with E-state index in [2.05, 4.69) is 9.97 Å². The molecule has 0 radical (unpaired) electrons. The Labute approximate surface area is 179 Å². The fourth-order valence-corrected chi connectivity index (χ4v) is 5.57. The van der Waals surface area contributed by atoms with E-state index in [1.165, 1.54) is 0 Å². The van der Waals surface area contributed by atoms with E-state index in [9.17, 15) is 9.59 Å². The highest BCUT2D eigenvalue weighted by atomic mass is 16.5. The third kappa shape index (κ3) is 2.82. The number of carbonyl (C=O) groups excluding carboxylic acids is 2. The predicted octanol–water partition coefficient (Wildman–Crippen LogP) is 4.01. The average Bonchev–Trinajstić information content (AvgIpc) is 3.47. The summed E-state index contributed by atoms with van der Waals surface area (Å²) in [5.41, 5.74) is 3.30. The Balaban J connectivity index is 1.35. The van der Waals surface area contributed by atoms with E-state index in [-0.39, 0.29) is 35.6 Å². The Morgan fingerprint density at radius 1 is 1.00 bits per heavy atom. The molecule has 6 heteroatoms. The number of benzene rings is 2. The number of hydrogen-bond donors (Lipinski definition) is 0. The molecule has 3 aliphatic rings. The Hall–Kier alpha value is -3.12. The minimum atomic E-state index is -0.719. The van der Waals surface area contributed by atoms with Crippen LogP contribution in [0.5, 0.6) is 11.6 Å². The highest BCUT2D eigenvalue weighted by Gasteiger charge is 2.63. The number of hydrogen-bond acceptors (Lipinski definition) is 6. The van der Waals surface area contributed by atoms with E-state index in [0.29, 0.717) is 11.6 Å². The first-order chi connectivity index (χ1) is 15.1. The van der Waals surface area contributed by atoms with Crippen molar-refractivity contribution in [1.29, 1.82) is 0 Å². The fourth-order valence-electron chi connectivity index (χ4n) is 5.57. The summed E-state index contributed by atoms with van der Waals surface area (Å²) in [6, 6.07) is 13.2. The predicted molar refractivity (Wildman–Crippen MR) is 113 cm³/mol. The maximum Gasteiger partial charge on any atom is 0.238 e. The lowest BCUT2D eigenvalue weighted by Crippen LogP contribution is -2.29. The van der Waals surface area contributed by atoms with Gasteiger partial charge in [0.25, 0.3) is 0 Å². The van der Waals surface area contributed by atoms with Gasteiger partial charge in [-0.15, -0.1) is 0 Å². The summed E-state index contributed by atoms with van der Waals surface area (Å²) in [6.07, 6.45) is 3.90. The molecule has 0 amide bonds. The minimum absolute atomic E-state index is 0.0135. The van der Waals surface area contributed by atoms with Gasteiger partial charge in [-0.2, -0.15) is 0 Å². The third-order valence-electron chi connectivity index (χ3n) is 6.96. The maximum atomic E-state index is 13.3. The molecular formula is C25H22N2O4. The quantitative estimate of drug-likeness (QED) is 0.600. The van der Waals surface area contributed by atoms with Crippen molar-refractivity contribution in [3.05, 3.63) is 59.8 Å². The maximum absolute atomic E-state index is 13.3. The van der Waals surface area contributed by atoms with E-state index in [4.69, 9.17) is 9.47 Å². The Morgan fingerprint density at radius 2 is 1.71 bits per heavy atom. The molecule has 2 bridgehead atoms. The molecule has 2 aromatic carbocycles. The second-order valence-corrected chi connectivity index (χ2v) is 8.59. The molecule has 3 heterocycles. The molecule has 0 N–H and O–H groups in total. The first-order valence-electron chi connectivity index (χ1n) is 10.9. The second-order valence-electron chi connectivity index (χ2n) is 8.59. The van der Waals surface area contributed by atoms with Crippen molar-refractivity contribution in [2.75, 3.05) is 0 Å². The van der Waals surface area contributed by atoms with Crippen LogP contribution in [0, 0.1) is 11.8 Å². The van der Waals surface area contributed by atoms with Crippen LogP contribution < -0.4 is 4.74 Å². The average molecular weight is 414 g/mol. The normalized spacial score (nSPS) is 29.0. The highest BCUT2D eigenvalue weighted by molar-refractivity contribution is 6.17. The fraction of sp³-hybridized carbons (Fsp3) is 0.360. The van der Waals surface area contributed by atoms with Crippen molar-refractivity contribution in [2.24, 2.45) is 11.8 Å². The Kier molecular flexibility index (Phi) is 4.18. The molecule has 3 aromatic rings. The van der Waals surface area contributed by atoms with E-state index >= 15 is 0 Å². The summed E-state index contributed by atoms with van der Waals surface area (Å²) in [6.45, 7) is 2.03. The first-order valence-corrected chi connectivity index (χ1v) is 10.9. The van der Waals surface area contributed by atoms with Crippen LogP contribution >= 0.6 is 0 Å². The topological polar surface area (TPSA) is 78.4 Å². The summed E-state index contributed by atoms with van der Waals surface area (Å²) in [7, 11) is 0. The van der Waals surface area contributed by atoms with Gasteiger partial charge >= 0.3 is 0 Å². The zero-order valence-corrected chi connectivity index (χ0v) is 17.2. The van der Waals surface area contributed by atoms with Gasteiger partial charge in [0.05, 0.1) is 41.3 Å². The van der Waals surface area contributed by atoms with E-state index in [0.717, 1.165) is 41.4 Å². The number of ketones is 2. The van der Waals surface area contributed by atoms with Crippen LogP contribution in [0.3, 0.4) is 0 Å². The molecule has 2 aliphatic heterocycles. The molecular weight excluding hydrogens is 392 g/mol. The van der Waals surface area contributed by atoms with Crippen molar-refractivity contribution in [3.63, 3.8) is 0 Å². The lowest BCUT2D eigenvalue weighted by atomic mass is 9.81. The lowest BCUT2D eigenvalue weighted by Gasteiger charge is -2.17. The molecule has 6 rings (SSSR count). The summed E-state index contributed by atoms with van der Waals surface area (Å²) in [5, 5.41) is 0. The molecule has 1 aromatic heterocycles. The van der Waals surface area contributed by atoms with E-state index in [1.807, 2.05) is 49.4 Å². The summed E-state index contributed by atoms with van der Waals surface area (Å²) in [4.78, 5) is 35.5. The SMILES string of the molecule is CCc1ccc(Oc2cnc3ccccc3n2)cc1C1C(=O)[C@@H]2[C@H](C1=O)[C@H]1CC[C@@H]2O1. The number of ether oxygens (including phenoxy) is 2. The van der Waals surface area contributed by atoms with Crippen LogP contribution in [0.2, 0.25) is 0 Å². The molecule has 3 fully saturated rings. The summed E-state index contributed by atoms with van der Waals surface area (Å²) >= 11 is 0. The first kappa shape index (κ1) is 18.6. The largest absolute Gasteiger partial charge is 0.437 e. The van der Waals surface area contributed by atoms with Gasteiger partial charge in [0.2, 0.25) is 5.88 Å². The lowest BCUT2D eigenvalue weighted by molar-refractivity contribution is -0.127. The van der Waals surface area contributed by atoms with Gasteiger partial charge in [0.15, 0.2) is 11.6 Å². The van der Waals surface area contributed by atoms with E-state index < -0.39 is 5.92 Å². The number of Topliss-reactive ketones (excluding diaryl/α,β-unsaturated/α-hetero) is 2. The van der Waals surface area contributed by atoms with Crippen LogP contribution in [0.15, 0.2) is 48.7 Å². The van der Waals surface area contributed by atoms with Gasteiger partial charge in [-0.1, -0.05) is 25.1 Å². The molecule has 156 valence electrons. The monoisotopic (exact) mass is 414 g/mol. The van der Waals surface area contributed by atoms with Crippen molar-refractivity contribution >= 4 is 22.6 Å². The minimum Gasteiger partial charge on any atom is -0.437 e. The van der Waals surface area contributed by atoms with Gasteiger partial charge in [-0.25, -0.2) is 9.97 Å². The van der Waals surface area contributed by atoms with Gasteiger partial charge in [-0.05, 0) is 54.7 Å². The van der Waals surface area contributed by atoms with Gasteiger partial charge in [0, 0.05) is 0 Å². The zero-order chi connectivity index (χ0) is 21.1. The van der Waals surface area contributed by atoms with Crippen molar-refractivity contribution in [1.82, 2.24) is 9.97 Å². The number of aryl methyl sites for hydroxylation is 1. The summed E-state index contributed by atoms with van der Waals surface area (Å²) in [5.74, 6) is -0.328. The molecule has 6 nitrogen and oxygen atoms in total. The number of para-hydroxylation sites is 2. The molecule has 1 unspecified atom stereocenters. The van der Waals surface area contributed by atoms with Crippen LogP contribution in [-0.4, -0.2) is 33.7 Å². The Morgan fingerprint density at radius 3 is 2.42 bits per heavy atom. The molecule has 1 aliphatic carbocycles. The number of carbonyl (C=O) groups is 2. The third-order valence-corrected chi connectivity index (χ3v) is 6.96. The van der Waals surface area contributed by atoms with Crippen LogP contribution in [0.4, 0.5) is 0 Å². The number of aromatic nitrogens is 2. The van der Waals surface area contributed by atoms with Gasteiger partial charge in [-0.3, -0.25) is 9.59 Å². The van der Waals surface area contributed by atoms with Crippen molar-refractivity contribution in [2.45, 2.75) is 44.3 Å². The Bertz CT molecular complexity index is 1200. The molecule has 31 heavy (non-hydrogen) atoms. The standard InChI is InChI=1S/C25H22N2O4/c1-2-13-7-8-14(30-20-12-26-16-5-3-4-6-17(16)27-20)11-15(13)21-24(28)22-18-9-10-19(31-18)23(22)25(21)29/h3-8,11-12,18-19,21-23H,2,9-10H2,1H3/t18-,19+,21?,22-,23+. The number of nitrogens with zero attached hydrogens (tertiary/aromatic N) is 2. The van der Waals surface area contributed by atoms with Crippen LogP contribution in [0.25, 0.3) is 11.0 Å². The molecule has 1 saturated carbocycles. The molecule has 0 spiro atoms. The smallest absolute Gasteiger partial charge is 0.238 e. The zero-order valence-electron chi connectivity index (χ0n) is 17.2. The second kappa shape index (κ2) is 6.95. The molecule has 5 atom stereocenters. The van der Waals surface area contributed by atoms with E-state index in [1.54, 1.807) is 6.20 Å². The van der Waals surface area contributed by atoms with Gasteiger partial charge < -0.3 is 9.47 Å². The summed E-state index contributed by atoms with van der Waals surface area (Å²) < 4.78 is 11.9. The molecule has 2 saturated heterocycles. The number of fused-ring (bicyclic) bond motifs is 6. The number of rotatable bonds is 4. The van der Waals surface area contributed by atoms with Gasteiger partial charge in [0.1, 0.15) is 11.7 Å². The van der Waals surface area contributed by atoms with Crippen molar-refractivity contribution < 1.29 is 19.1 Å². The van der Waals surface area contributed by atoms with Crippen molar-refractivity contribution in [3.8, 4) is 11.6 Å².